The minimum absolute atomic E-state index is 0.427. The first-order chi connectivity index (χ1) is 11.7. The van der Waals surface area contributed by atoms with Crippen LogP contribution in [0.2, 0.25) is 0 Å². The maximum absolute atomic E-state index is 11.4. The van der Waals surface area contributed by atoms with Gasteiger partial charge in [0.05, 0.1) is 12.7 Å². The summed E-state index contributed by atoms with van der Waals surface area (Å²) in [6.45, 7) is 2.37. The fourth-order valence-electron chi connectivity index (χ4n) is 2.03. The van der Waals surface area contributed by atoms with E-state index in [1.165, 1.54) is 6.07 Å². The predicted molar refractivity (Wildman–Crippen MR) is 99.2 cm³/mol. The van der Waals surface area contributed by atoms with Crippen molar-refractivity contribution >= 4 is 17.7 Å². The van der Waals surface area contributed by atoms with Gasteiger partial charge in [0.15, 0.2) is 0 Å². The molecule has 0 atom stereocenters. The van der Waals surface area contributed by atoms with Gasteiger partial charge in [-0.3, -0.25) is 0 Å². The Balaban J connectivity index is 1.86. The monoisotopic (exact) mass is 342 g/mol. The molecule has 0 N–H and O–H groups in total. The second-order valence-corrected chi connectivity index (χ2v) is 5.32. The normalized spacial score (nSPS) is 15.1. The highest BCUT2D eigenvalue weighted by molar-refractivity contribution is 6.32. The topological polar surface area (TPSA) is 39.4 Å². The highest BCUT2D eigenvalue weighted by Gasteiger charge is 2.01. The zero-order valence-corrected chi connectivity index (χ0v) is 14.2. The van der Waals surface area contributed by atoms with Gasteiger partial charge in [-0.25, -0.2) is 4.79 Å². The molecule has 0 spiro atoms. The summed E-state index contributed by atoms with van der Waals surface area (Å²) in [4.78, 5) is 11.4. The smallest absolute Gasteiger partial charge is 0.339 e. The number of ether oxygens (including phenoxy) is 1. The molecule has 1 aliphatic carbocycles. The Kier molecular flexibility index (Phi) is 7.12. The second-order valence-electron chi connectivity index (χ2n) is 4.92. The van der Waals surface area contributed by atoms with Gasteiger partial charge in [0.2, 0.25) is 0 Å². The third kappa shape index (κ3) is 5.94. The SMILES string of the molecule is CCOc1cc(/C=C/C=C/C=C/C=C/C2=C(Cl)C=CC2)oc(=O)c1. The molecule has 0 amide bonds. The van der Waals surface area contributed by atoms with Crippen molar-refractivity contribution in [2.75, 3.05) is 6.61 Å². The summed E-state index contributed by atoms with van der Waals surface area (Å²) in [6.07, 6.45) is 19.8. The summed E-state index contributed by atoms with van der Waals surface area (Å²) in [5.74, 6) is 0.964. The summed E-state index contributed by atoms with van der Waals surface area (Å²) in [6, 6.07) is 3.01. The standard InChI is InChI=1S/C20H19ClO3/c1-2-23-18-14-17(24-20(22)15-18)12-8-6-4-3-5-7-10-16-11-9-13-19(16)21/h3-10,12-15H,2,11H2,1H3/b5-3+,6-4+,10-7+,12-8+. The van der Waals surface area contributed by atoms with Gasteiger partial charge in [0.1, 0.15) is 11.5 Å². The third-order valence-corrected chi connectivity index (χ3v) is 3.46. The average Bonchev–Trinajstić information content (AvgIpc) is 2.95. The molecule has 0 fully saturated rings. The van der Waals surface area contributed by atoms with Gasteiger partial charge in [-0.1, -0.05) is 60.2 Å². The van der Waals surface area contributed by atoms with Crippen LogP contribution in [-0.4, -0.2) is 6.61 Å². The lowest BCUT2D eigenvalue weighted by atomic mass is 10.2. The molecule has 1 aromatic heterocycles. The van der Waals surface area contributed by atoms with Crippen LogP contribution in [0.1, 0.15) is 19.1 Å². The lowest BCUT2D eigenvalue weighted by Gasteiger charge is -2.01. The van der Waals surface area contributed by atoms with Crippen molar-refractivity contribution in [1.29, 1.82) is 0 Å². The van der Waals surface area contributed by atoms with Crippen LogP contribution in [0.3, 0.4) is 0 Å². The molecule has 2 rings (SSSR count). The second kappa shape index (κ2) is 9.58. The lowest BCUT2D eigenvalue weighted by Crippen LogP contribution is -2.01. The zero-order chi connectivity index (χ0) is 17.2. The van der Waals surface area contributed by atoms with Crippen LogP contribution in [0.15, 0.2) is 86.6 Å². The Morgan fingerprint density at radius 2 is 1.83 bits per heavy atom. The first-order valence-electron chi connectivity index (χ1n) is 7.70. The van der Waals surface area contributed by atoms with Crippen LogP contribution >= 0.6 is 11.6 Å². The molecule has 24 heavy (non-hydrogen) atoms. The fourth-order valence-corrected chi connectivity index (χ4v) is 2.25. The molecule has 0 aliphatic heterocycles. The van der Waals surface area contributed by atoms with Gasteiger partial charge in [0.25, 0.3) is 0 Å². The molecule has 3 nitrogen and oxygen atoms in total. The summed E-state index contributed by atoms with van der Waals surface area (Å²) in [7, 11) is 0. The number of halogens is 1. The number of allylic oxidation sites excluding steroid dienone is 11. The summed E-state index contributed by atoms with van der Waals surface area (Å²) < 4.78 is 10.4. The predicted octanol–water partition coefficient (Wildman–Crippen LogP) is 5.17. The highest BCUT2D eigenvalue weighted by Crippen LogP contribution is 2.22. The number of hydrogen-bond acceptors (Lipinski definition) is 3. The van der Waals surface area contributed by atoms with Crippen molar-refractivity contribution in [2.24, 2.45) is 0 Å². The van der Waals surface area contributed by atoms with Crippen LogP contribution in [0.4, 0.5) is 0 Å². The van der Waals surface area contributed by atoms with Crippen molar-refractivity contribution in [3.8, 4) is 5.75 Å². The summed E-state index contributed by atoms with van der Waals surface area (Å²) >= 11 is 6.01. The third-order valence-electron chi connectivity index (χ3n) is 3.10. The van der Waals surface area contributed by atoms with Crippen LogP contribution in [0.25, 0.3) is 6.08 Å². The van der Waals surface area contributed by atoms with E-state index in [9.17, 15) is 4.79 Å². The Hall–Kier alpha value is -2.52. The van der Waals surface area contributed by atoms with Crippen molar-refractivity contribution in [2.45, 2.75) is 13.3 Å². The van der Waals surface area contributed by atoms with Crippen LogP contribution in [0.5, 0.6) is 5.75 Å². The molecule has 0 radical (unpaired) electrons. The molecule has 0 unspecified atom stereocenters. The maximum atomic E-state index is 11.4. The van der Waals surface area contributed by atoms with Crippen molar-refractivity contribution in [3.63, 3.8) is 0 Å². The Labute approximate surface area is 146 Å². The minimum atomic E-state index is -0.427. The molecule has 124 valence electrons. The van der Waals surface area contributed by atoms with E-state index in [0.717, 1.165) is 17.0 Å². The Morgan fingerprint density at radius 1 is 1.12 bits per heavy atom. The summed E-state index contributed by atoms with van der Waals surface area (Å²) in [5.41, 5.74) is 0.693. The van der Waals surface area contributed by atoms with E-state index in [0.29, 0.717) is 18.1 Å². The molecule has 1 aliphatic rings. The van der Waals surface area contributed by atoms with E-state index in [1.807, 2.05) is 55.5 Å². The summed E-state index contributed by atoms with van der Waals surface area (Å²) in [5, 5.41) is 0.800. The lowest BCUT2D eigenvalue weighted by molar-refractivity contribution is 0.333. The number of hydrogen-bond donors (Lipinski definition) is 0. The van der Waals surface area contributed by atoms with Gasteiger partial charge in [-0.05, 0) is 31.1 Å². The van der Waals surface area contributed by atoms with Gasteiger partial charge in [-0.15, -0.1) is 0 Å². The van der Waals surface area contributed by atoms with Gasteiger partial charge >= 0.3 is 5.63 Å². The van der Waals surface area contributed by atoms with Gasteiger partial charge < -0.3 is 9.15 Å². The molecule has 1 aromatic rings. The van der Waals surface area contributed by atoms with E-state index in [-0.39, 0.29) is 0 Å². The Bertz CT molecular complexity index is 789. The van der Waals surface area contributed by atoms with Crippen LogP contribution in [-0.2, 0) is 0 Å². The Morgan fingerprint density at radius 3 is 2.50 bits per heavy atom. The minimum Gasteiger partial charge on any atom is -0.493 e. The first kappa shape index (κ1) is 17.8. The van der Waals surface area contributed by atoms with Gasteiger partial charge in [0, 0.05) is 11.1 Å². The van der Waals surface area contributed by atoms with Crippen molar-refractivity contribution in [1.82, 2.24) is 0 Å². The van der Waals surface area contributed by atoms with E-state index in [1.54, 1.807) is 18.2 Å². The van der Waals surface area contributed by atoms with E-state index in [2.05, 4.69) is 0 Å². The highest BCUT2D eigenvalue weighted by atomic mass is 35.5. The zero-order valence-electron chi connectivity index (χ0n) is 13.4. The molecule has 0 bridgehead atoms. The molecular weight excluding hydrogens is 324 g/mol. The average molecular weight is 343 g/mol. The van der Waals surface area contributed by atoms with Crippen molar-refractivity contribution < 1.29 is 9.15 Å². The van der Waals surface area contributed by atoms with E-state index < -0.39 is 5.63 Å². The first-order valence-corrected chi connectivity index (χ1v) is 8.08. The molecule has 4 heteroatoms. The number of rotatable bonds is 7. The molecule has 0 saturated carbocycles. The molecule has 0 saturated heterocycles. The molecular formula is C20H19ClO3. The fraction of sp³-hybridized carbons (Fsp3) is 0.150. The van der Waals surface area contributed by atoms with Crippen LogP contribution in [0, 0.1) is 0 Å². The maximum Gasteiger partial charge on any atom is 0.339 e. The largest absolute Gasteiger partial charge is 0.493 e. The van der Waals surface area contributed by atoms with Gasteiger partial charge in [-0.2, -0.15) is 0 Å². The van der Waals surface area contributed by atoms with E-state index in [4.69, 9.17) is 20.8 Å². The van der Waals surface area contributed by atoms with E-state index >= 15 is 0 Å². The molecule has 0 aromatic carbocycles. The quantitative estimate of drug-likeness (QED) is 0.641. The molecule has 1 heterocycles. The van der Waals surface area contributed by atoms with Crippen molar-refractivity contribution in [3.05, 3.63) is 93.6 Å². The van der Waals surface area contributed by atoms with Crippen LogP contribution < -0.4 is 10.4 Å².